The number of allylic oxidation sites excluding steroid dienone is 1. The second-order valence-electron chi connectivity index (χ2n) is 7.19. The van der Waals surface area contributed by atoms with E-state index in [9.17, 15) is 4.79 Å². The van der Waals surface area contributed by atoms with E-state index >= 15 is 0 Å². The third-order valence-corrected chi connectivity index (χ3v) is 5.48. The van der Waals surface area contributed by atoms with Gasteiger partial charge in [-0.15, -0.1) is 0 Å². The lowest BCUT2D eigenvalue weighted by Crippen LogP contribution is -2.60. The standard InChI is InChI=1S/C19H21N9O2/c20-18(29)19(27-4-6-30-7-5-27)3-1-2-14(8-19)26-16-17-22-12-25-28(17)15(11-21-16)13-9-23-24-10-13/h1-2,8-12H,3-7H2,(H2,20,29)(H,21,26)(H,23,24). The number of hydrogen-bond acceptors (Lipinski definition) is 8. The molecule has 0 bridgehead atoms. The molecule has 11 nitrogen and oxygen atoms in total. The number of carbonyl (C=O) groups excluding carboxylic acids is 1. The van der Waals surface area contributed by atoms with Crippen LogP contribution in [0.5, 0.6) is 0 Å². The first-order valence-electron chi connectivity index (χ1n) is 9.64. The number of aromatic amines is 1. The van der Waals surface area contributed by atoms with Gasteiger partial charge in [0.15, 0.2) is 11.5 Å². The lowest BCUT2D eigenvalue weighted by molar-refractivity contribution is -0.130. The Bertz CT molecular complexity index is 1130. The monoisotopic (exact) mass is 407 g/mol. The lowest BCUT2D eigenvalue weighted by Gasteiger charge is -2.42. The normalized spacial score (nSPS) is 22.2. The first kappa shape index (κ1) is 18.5. The zero-order valence-electron chi connectivity index (χ0n) is 16.2. The van der Waals surface area contributed by atoms with Gasteiger partial charge in [0.1, 0.15) is 11.9 Å². The fourth-order valence-electron chi connectivity index (χ4n) is 3.95. The van der Waals surface area contributed by atoms with Crippen LogP contribution in [0.2, 0.25) is 0 Å². The van der Waals surface area contributed by atoms with Crippen LogP contribution in [0.15, 0.2) is 48.8 Å². The van der Waals surface area contributed by atoms with Gasteiger partial charge in [-0.3, -0.25) is 14.8 Å². The first-order chi connectivity index (χ1) is 14.7. The molecule has 1 fully saturated rings. The fourth-order valence-corrected chi connectivity index (χ4v) is 3.95. The van der Waals surface area contributed by atoms with Gasteiger partial charge in [-0.1, -0.05) is 6.08 Å². The largest absolute Gasteiger partial charge is 0.379 e. The van der Waals surface area contributed by atoms with Gasteiger partial charge in [-0.25, -0.2) is 14.5 Å². The molecule has 0 spiro atoms. The van der Waals surface area contributed by atoms with Gasteiger partial charge >= 0.3 is 0 Å². The van der Waals surface area contributed by atoms with E-state index in [0.717, 1.165) is 17.0 Å². The minimum atomic E-state index is -0.901. The van der Waals surface area contributed by atoms with Crippen molar-refractivity contribution in [2.24, 2.45) is 5.73 Å². The average molecular weight is 407 g/mol. The minimum absolute atomic E-state index is 0.385. The van der Waals surface area contributed by atoms with Crippen molar-refractivity contribution in [1.29, 1.82) is 0 Å². The number of nitrogens with zero attached hydrogens (tertiary/aromatic N) is 6. The maximum absolute atomic E-state index is 12.5. The summed E-state index contributed by atoms with van der Waals surface area (Å²) in [5.41, 5.74) is 7.85. The van der Waals surface area contributed by atoms with Gasteiger partial charge in [0.25, 0.3) is 0 Å². The Morgan fingerprint density at radius 2 is 2.13 bits per heavy atom. The summed E-state index contributed by atoms with van der Waals surface area (Å²) < 4.78 is 7.13. The van der Waals surface area contributed by atoms with Crippen molar-refractivity contribution >= 4 is 17.4 Å². The number of nitrogens with two attached hydrogens (primary N) is 1. The van der Waals surface area contributed by atoms with Gasteiger partial charge < -0.3 is 15.8 Å². The Kier molecular flexibility index (Phi) is 4.52. The van der Waals surface area contributed by atoms with Gasteiger partial charge in [0.2, 0.25) is 5.91 Å². The number of anilines is 1. The summed E-state index contributed by atoms with van der Waals surface area (Å²) in [6.45, 7) is 2.44. The van der Waals surface area contributed by atoms with Crippen LogP contribution in [-0.4, -0.2) is 72.4 Å². The third kappa shape index (κ3) is 3.04. The molecule has 0 saturated carbocycles. The van der Waals surface area contributed by atoms with Gasteiger partial charge in [0, 0.05) is 30.5 Å². The average Bonchev–Trinajstić information content (AvgIpc) is 3.47. The fraction of sp³-hybridized carbons (Fsp3) is 0.316. The molecule has 4 heterocycles. The summed E-state index contributed by atoms with van der Waals surface area (Å²) in [7, 11) is 0. The number of hydrogen-bond donors (Lipinski definition) is 3. The van der Waals surface area contributed by atoms with Crippen LogP contribution < -0.4 is 11.1 Å². The van der Waals surface area contributed by atoms with Crippen LogP contribution in [0.1, 0.15) is 6.42 Å². The summed E-state index contributed by atoms with van der Waals surface area (Å²) in [6.07, 6.45) is 12.9. The number of aromatic nitrogens is 6. The molecular weight excluding hydrogens is 386 g/mol. The lowest BCUT2D eigenvalue weighted by atomic mass is 9.86. The van der Waals surface area contributed by atoms with Crippen LogP contribution in [0.3, 0.4) is 0 Å². The Morgan fingerprint density at radius 3 is 2.90 bits per heavy atom. The number of ether oxygens (including phenoxy) is 1. The smallest absolute Gasteiger partial charge is 0.242 e. The van der Waals surface area contributed by atoms with E-state index in [4.69, 9.17) is 10.5 Å². The number of H-pyrrole nitrogens is 1. The molecule has 0 radical (unpaired) electrons. The van der Waals surface area contributed by atoms with Crippen molar-refractivity contribution in [3.63, 3.8) is 0 Å². The quantitative estimate of drug-likeness (QED) is 0.550. The van der Waals surface area contributed by atoms with Crippen LogP contribution in [0, 0.1) is 0 Å². The molecular formula is C19H21N9O2. The summed E-state index contributed by atoms with van der Waals surface area (Å²) in [5, 5.41) is 14.4. The molecule has 11 heteroatoms. The van der Waals surface area contributed by atoms with Gasteiger partial charge in [0.05, 0.1) is 31.3 Å². The maximum atomic E-state index is 12.5. The maximum Gasteiger partial charge on any atom is 0.242 e. The highest BCUT2D eigenvalue weighted by atomic mass is 16.5. The van der Waals surface area contributed by atoms with Gasteiger partial charge in [-0.2, -0.15) is 10.2 Å². The van der Waals surface area contributed by atoms with Crippen LogP contribution >= 0.6 is 0 Å². The summed E-state index contributed by atoms with van der Waals surface area (Å²) in [6, 6.07) is 0. The van der Waals surface area contributed by atoms with E-state index in [2.05, 4.69) is 35.5 Å². The molecule has 3 aromatic rings. The SMILES string of the molecule is NC(=O)C1(N2CCOCC2)C=C(Nc2ncc(-c3cn[nH]c3)n3ncnc23)C=CC1. The number of primary amides is 1. The van der Waals surface area contributed by atoms with Crippen LogP contribution in [-0.2, 0) is 9.53 Å². The van der Waals surface area contributed by atoms with Gasteiger partial charge in [-0.05, 0) is 18.6 Å². The summed E-state index contributed by atoms with van der Waals surface area (Å²) in [4.78, 5) is 23.5. The number of rotatable bonds is 5. The van der Waals surface area contributed by atoms with Crippen molar-refractivity contribution in [1.82, 2.24) is 34.7 Å². The summed E-state index contributed by atoms with van der Waals surface area (Å²) in [5.74, 6) is 0.141. The van der Waals surface area contributed by atoms with Crippen molar-refractivity contribution in [2.45, 2.75) is 12.0 Å². The first-order valence-corrected chi connectivity index (χ1v) is 9.64. The molecule has 5 rings (SSSR count). The van der Waals surface area contributed by atoms with E-state index in [1.54, 1.807) is 23.1 Å². The molecule has 1 aliphatic heterocycles. The minimum Gasteiger partial charge on any atom is -0.379 e. The zero-order valence-corrected chi connectivity index (χ0v) is 16.2. The number of carbonyl (C=O) groups is 1. The van der Waals surface area contributed by atoms with E-state index in [0.29, 0.717) is 44.2 Å². The van der Waals surface area contributed by atoms with Crippen LogP contribution in [0.4, 0.5) is 5.82 Å². The van der Waals surface area contributed by atoms with E-state index in [-0.39, 0.29) is 5.91 Å². The highest BCUT2D eigenvalue weighted by molar-refractivity contribution is 5.88. The predicted octanol–water partition coefficient (Wildman–Crippen LogP) is 0.326. The third-order valence-electron chi connectivity index (χ3n) is 5.48. The molecule has 4 N–H and O–H groups in total. The number of morpholine rings is 1. The molecule has 1 aliphatic carbocycles. The molecule has 0 aromatic carbocycles. The topological polar surface area (TPSA) is 139 Å². The molecule has 1 amide bonds. The Morgan fingerprint density at radius 1 is 1.27 bits per heavy atom. The van der Waals surface area contributed by atoms with Crippen molar-refractivity contribution < 1.29 is 9.53 Å². The Balaban J connectivity index is 1.50. The van der Waals surface area contributed by atoms with E-state index < -0.39 is 5.54 Å². The van der Waals surface area contributed by atoms with E-state index in [1.807, 2.05) is 18.2 Å². The number of amides is 1. The Hall–Kier alpha value is -3.57. The second kappa shape index (κ2) is 7.35. The predicted molar refractivity (Wildman–Crippen MR) is 108 cm³/mol. The zero-order chi connectivity index (χ0) is 20.6. The number of nitrogens with one attached hydrogen (secondary N) is 2. The second-order valence-corrected chi connectivity index (χ2v) is 7.19. The highest BCUT2D eigenvalue weighted by Gasteiger charge is 2.42. The molecule has 154 valence electrons. The van der Waals surface area contributed by atoms with Crippen molar-refractivity contribution in [2.75, 3.05) is 31.6 Å². The summed E-state index contributed by atoms with van der Waals surface area (Å²) >= 11 is 0. The molecule has 2 aliphatic rings. The molecule has 1 unspecified atom stereocenters. The molecule has 3 aromatic heterocycles. The van der Waals surface area contributed by atoms with E-state index in [1.165, 1.54) is 6.33 Å². The van der Waals surface area contributed by atoms with Crippen molar-refractivity contribution in [3.05, 3.63) is 48.8 Å². The molecule has 30 heavy (non-hydrogen) atoms. The molecule has 1 saturated heterocycles. The van der Waals surface area contributed by atoms with Crippen LogP contribution in [0.25, 0.3) is 16.9 Å². The van der Waals surface area contributed by atoms with Crippen molar-refractivity contribution in [3.8, 4) is 11.3 Å². The number of fused-ring (bicyclic) bond motifs is 1. The highest BCUT2D eigenvalue weighted by Crippen LogP contribution is 2.30. The Labute approximate surface area is 171 Å². The molecule has 1 atom stereocenters.